The van der Waals surface area contributed by atoms with Crippen molar-refractivity contribution in [3.63, 3.8) is 0 Å². The summed E-state index contributed by atoms with van der Waals surface area (Å²) >= 11 is 0. The lowest BCUT2D eigenvalue weighted by atomic mass is 9.44. The van der Waals surface area contributed by atoms with Crippen LogP contribution in [0.3, 0.4) is 0 Å². The molecule has 0 aliphatic heterocycles. The van der Waals surface area contributed by atoms with Gasteiger partial charge in [0.1, 0.15) is 17.9 Å². The fraction of sp³-hybridized carbons (Fsp3) is 0.750. The van der Waals surface area contributed by atoms with Crippen LogP contribution in [0.25, 0.3) is 11.0 Å². The summed E-state index contributed by atoms with van der Waals surface area (Å²) in [4.78, 5) is 13.6. The normalized spacial score (nSPS) is 42.5. The molecule has 0 saturated heterocycles. The number of ketones is 1. The largest absolute Gasteiger partial charge is 0.297 e. The summed E-state index contributed by atoms with van der Waals surface area (Å²) in [5.74, 6) is 4.15. The Bertz CT molecular complexity index is 1080. The molecule has 178 valence electrons. The summed E-state index contributed by atoms with van der Waals surface area (Å²) in [5, 5.41) is 8.32. The standard InChI is InChI=1S/C28H38FN3O/c1-17-10-12-27(2)18(14-17)4-6-20-21-7-8-23(28(21,3)13-11-22(20)27)26(33)16-32-25-15-19(29)5-9-24(25)30-31-32/h5,9,15,17-18,20-23H,4,6-8,10-14,16H2,1-3H3/t17?,18?,20?,21?,22?,23-,27?,28?/m1/s1. The smallest absolute Gasteiger partial charge is 0.157 e. The highest BCUT2D eigenvalue weighted by molar-refractivity contribution is 5.84. The van der Waals surface area contributed by atoms with Crippen molar-refractivity contribution >= 4 is 16.8 Å². The van der Waals surface area contributed by atoms with E-state index in [0.717, 1.165) is 30.1 Å². The Morgan fingerprint density at radius 1 is 1.06 bits per heavy atom. The van der Waals surface area contributed by atoms with E-state index in [0.29, 0.717) is 22.4 Å². The van der Waals surface area contributed by atoms with Crippen LogP contribution in [0.5, 0.6) is 0 Å². The molecule has 4 fully saturated rings. The molecule has 8 atom stereocenters. The zero-order chi connectivity index (χ0) is 23.0. The first-order valence-corrected chi connectivity index (χ1v) is 13.3. The number of benzene rings is 1. The number of rotatable bonds is 3. The Hall–Kier alpha value is -1.78. The van der Waals surface area contributed by atoms with Crippen LogP contribution in [0.1, 0.15) is 78.6 Å². The molecule has 0 spiro atoms. The molecule has 1 heterocycles. The fourth-order valence-corrected chi connectivity index (χ4v) is 9.31. The molecule has 0 N–H and O–H groups in total. The highest BCUT2D eigenvalue weighted by Crippen LogP contribution is 2.67. The Balaban J connectivity index is 1.23. The van der Waals surface area contributed by atoms with Crippen molar-refractivity contribution in [1.82, 2.24) is 15.0 Å². The molecule has 4 aliphatic carbocycles. The van der Waals surface area contributed by atoms with Crippen LogP contribution < -0.4 is 0 Å². The Labute approximate surface area is 196 Å². The molecule has 4 nitrogen and oxygen atoms in total. The minimum Gasteiger partial charge on any atom is -0.297 e. The van der Waals surface area contributed by atoms with Gasteiger partial charge >= 0.3 is 0 Å². The molecule has 2 aromatic rings. The summed E-state index contributed by atoms with van der Waals surface area (Å²) in [5.41, 5.74) is 1.88. The van der Waals surface area contributed by atoms with Crippen LogP contribution in [0, 0.1) is 52.2 Å². The molecular formula is C28H38FN3O. The van der Waals surface area contributed by atoms with Crippen molar-refractivity contribution in [2.45, 2.75) is 85.1 Å². The third-order valence-electron chi connectivity index (χ3n) is 11.1. The van der Waals surface area contributed by atoms with E-state index in [2.05, 4.69) is 31.1 Å². The molecule has 0 amide bonds. The lowest BCUT2D eigenvalue weighted by Gasteiger charge is -2.61. The van der Waals surface area contributed by atoms with E-state index < -0.39 is 0 Å². The monoisotopic (exact) mass is 451 g/mol. The van der Waals surface area contributed by atoms with Crippen LogP contribution in [-0.4, -0.2) is 20.8 Å². The number of fused-ring (bicyclic) bond motifs is 6. The van der Waals surface area contributed by atoms with Gasteiger partial charge in [-0.25, -0.2) is 9.07 Å². The van der Waals surface area contributed by atoms with Crippen molar-refractivity contribution in [2.24, 2.45) is 46.3 Å². The third kappa shape index (κ3) is 3.24. The van der Waals surface area contributed by atoms with Crippen molar-refractivity contribution in [2.75, 3.05) is 0 Å². The molecule has 4 aliphatic rings. The summed E-state index contributed by atoms with van der Waals surface area (Å²) in [6, 6.07) is 4.47. The zero-order valence-corrected chi connectivity index (χ0v) is 20.4. The number of Topliss-reactive ketones (excluding diaryl/α,β-unsaturated/α-hetero) is 1. The Morgan fingerprint density at radius 3 is 2.70 bits per heavy atom. The molecular weight excluding hydrogens is 413 g/mol. The minimum atomic E-state index is -0.314. The highest BCUT2D eigenvalue weighted by atomic mass is 19.1. The van der Waals surface area contributed by atoms with Gasteiger partial charge in [0.2, 0.25) is 0 Å². The van der Waals surface area contributed by atoms with E-state index in [4.69, 9.17) is 0 Å². The molecule has 1 aromatic heterocycles. The molecule has 5 heteroatoms. The maximum absolute atomic E-state index is 13.8. The predicted octanol–water partition coefficient (Wildman–Crippen LogP) is 6.43. The molecule has 1 aromatic carbocycles. The second-order valence-electron chi connectivity index (χ2n) is 12.6. The highest BCUT2D eigenvalue weighted by Gasteiger charge is 2.60. The van der Waals surface area contributed by atoms with Gasteiger partial charge in [-0.15, -0.1) is 5.10 Å². The minimum absolute atomic E-state index is 0.0909. The van der Waals surface area contributed by atoms with Crippen molar-refractivity contribution < 1.29 is 9.18 Å². The predicted molar refractivity (Wildman–Crippen MR) is 127 cm³/mol. The van der Waals surface area contributed by atoms with Gasteiger partial charge in [-0.05, 0) is 104 Å². The molecule has 4 saturated carbocycles. The van der Waals surface area contributed by atoms with Crippen molar-refractivity contribution in [1.29, 1.82) is 0 Å². The van der Waals surface area contributed by atoms with Crippen molar-refractivity contribution in [3.8, 4) is 0 Å². The third-order valence-corrected chi connectivity index (χ3v) is 11.1. The van der Waals surface area contributed by atoms with Crippen LogP contribution in [0.4, 0.5) is 4.39 Å². The van der Waals surface area contributed by atoms with E-state index in [1.165, 1.54) is 63.5 Å². The van der Waals surface area contributed by atoms with Gasteiger partial charge in [-0.2, -0.15) is 0 Å². The lowest BCUT2D eigenvalue weighted by molar-refractivity contribution is -0.137. The van der Waals surface area contributed by atoms with E-state index in [-0.39, 0.29) is 29.5 Å². The van der Waals surface area contributed by atoms with Crippen LogP contribution in [0.2, 0.25) is 0 Å². The average Bonchev–Trinajstić information content (AvgIpc) is 3.34. The van der Waals surface area contributed by atoms with E-state index in [1.807, 2.05) is 0 Å². The first-order chi connectivity index (χ1) is 15.8. The number of carbonyl (C=O) groups is 1. The van der Waals surface area contributed by atoms with E-state index in [9.17, 15) is 9.18 Å². The Kier molecular flexibility index (Phi) is 5.01. The maximum atomic E-state index is 13.8. The molecule has 0 bridgehead atoms. The van der Waals surface area contributed by atoms with Gasteiger partial charge < -0.3 is 0 Å². The number of nitrogens with zero attached hydrogens (tertiary/aromatic N) is 3. The van der Waals surface area contributed by atoms with Gasteiger partial charge in [0, 0.05) is 12.0 Å². The second kappa shape index (κ2) is 7.61. The SMILES string of the molecule is CC1CCC2(C)C(CCC3C2CCC2(C)C3CC[C@@H]2C(=O)Cn2nnc3ccc(F)cc32)C1. The summed E-state index contributed by atoms with van der Waals surface area (Å²) in [7, 11) is 0. The van der Waals surface area contributed by atoms with E-state index in [1.54, 1.807) is 10.7 Å². The Morgan fingerprint density at radius 2 is 1.85 bits per heavy atom. The summed E-state index contributed by atoms with van der Waals surface area (Å²) < 4.78 is 15.4. The molecule has 7 unspecified atom stereocenters. The fourth-order valence-electron chi connectivity index (χ4n) is 9.31. The van der Waals surface area contributed by atoms with Crippen LogP contribution >= 0.6 is 0 Å². The molecule has 33 heavy (non-hydrogen) atoms. The number of carbonyl (C=O) groups excluding carboxylic acids is 1. The topological polar surface area (TPSA) is 47.8 Å². The van der Waals surface area contributed by atoms with Crippen LogP contribution in [0.15, 0.2) is 18.2 Å². The number of halogens is 1. The number of hydrogen-bond donors (Lipinski definition) is 0. The maximum Gasteiger partial charge on any atom is 0.157 e. The van der Waals surface area contributed by atoms with Gasteiger partial charge in [0.05, 0.1) is 5.52 Å². The number of hydrogen-bond acceptors (Lipinski definition) is 3. The van der Waals surface area contributed by atoms with Crippen molar-refractivity contribution in [3.05, 3.63) is 24.0 Å². The molecule has 6 rings (SSSR count). The van der Waals surface area contributed by atoms with Gasteiger partial charge in [-0.3, -0.25) is 4.79 Å². The molecule has 0 radical (unpaired) electrons. The van der Waals surface area contributed by atoms with Gasteiger partial charge in [0.25, 0.3) is 0 Å². The zero-order valence-electron chi connectivity index (χ0n) is 20.4. The quantitative estimate of drug-likeness (QED) is 0.540. The first-order valence-electron chi connectivity index (χ1n) is 13.3. The van der Waals surface area contributed by atoms with Gasteiger partial charge in [0.15, 0.2) is 5.78 Å². The number of aromatic nitrogens is 3. The summed E-state index contributed by atoms with van der Waals surface area (Å²) in [6.07, 6.45) is 11.7. The lowest BCUT2D eigenvalue weighted by Crippen LogP contribution is -2.53. The summed E-state index contributed by atoms with van der Waals surface area (Å²) in [6.45, 7) is 7.69. The van der Waals surface area contributed by atoms with E-state index >= 15 is 0 Å². The second-order valence-corrected chi connectivity index (χ2v) is 12.6. The van der Waals surface area contributed by atoms with Gasteiger partial charge in [-0.1, -0.05) is 32.4 Å². The average molecular weight is 452 g/mol. The first kappa shape index (κ1) is 21.7. The van der Waals surface area contributed by atoms with Crippen LogP contribution in [-0.2, 0) is 11.3 Å².